The molecule has 0 saturated carbocycles. The number of benzene rings is 1. The van der Waals surface area contributed by atoms with Crippen molar-refractivity contribution in [3.05, 3.63) is 53.9 Å². The summed E-state index contributed by atoms with van der Waals surface area (Å²) in [5.74, 6) is 2.19. The van der Waals surface area contributed by atoms with Crippen molar-refractivity contribution in [1.82, 2.24) is 15.0 Å². The minimum atomic E-state index is 0.281. The molecule has 0 bridgehead atoms. The lowest BCUT2D eigenvalue weighted by molar-refractivity contribution is 0.732. The maximum Gasteiger partial charge on any atom is 0.179 e. The molecule has 1 unspecified atom stereocenters. The summed E-state index contributed by atoms with van der Waals surface area (Å²) < 4.78 is 0. The molecule has 4 nitrogen and oxygen atoms in total. The number of H-pyrrole nitrogens is 1. The largest absolute Gasteiger partial charge is 0.363 e. The quantitative estimate of drug-likeness (QED) is 0.794. The third kappa shape index (κ3) is 2.61. The molecule has 1 atom stereocenters. The standard InChI is InChI=1S/C17H20N4/c1-4-13(12-8-6-5-7-9-12)16-18-14-10-11-15(21(2)3)19-17(14)20-16/h5-11,13H,4H2,1-3H3,(H,18,19,20). The Balaban J connectivity index is 2.03. The van der Waals surface area contributed by atoms with Gasteiger partial charge in [0, 0.05) is 20.0 Å². The monoisotopic (exact) mass is 280 g/mol. The highest BCUT2D eigenvalue weighted by Gasteiger charge is 2.16. The van der Waals surface area contributed by atoms with E-state index < -0.39 is 0 Å². The lowest BCUT2D eigenvalue weighted by atomic mass is 9.96. The molecule has 0 aliphatic heterocycles. The van der Waals surface area contributed by atoms with Gasteiger partial charge < -0.3 is 9.88 Å². The number of nitrogens with one attached hydrogen (secondary N) is 1. The van der Waals surface area contributed by atoms with E-state index in [-0.39, 0.29) is 5.92 Å². The van der Waals surface area contributed by atoms with Crippen molar-refractivity contribution in [2.24, 2.45) is 0 Å². The van der Waals surface area contributed by atoms with Crippen LogP contribution >= 0.6 is 0 Å². The van der Waals surface area contributed by atoms with Gasteiger partial charge in [0.05, 0.1) is 5.52 Å². The fraction of sp³-hybridized carbons (Fsp3) is 0.294. The molecule has 3 aromatic rings. The third-order valence-electron chi connectivity index (χ3n) is 3.75. The Bertz CT molecular complexity index is 731. The van der Waals surface area contributed by atoms with E-state index in [4.69, 9.17) is 4.98 Å². The van der Waals surface area contributed by atoms with Gasteiger partial charge in [-0.2, -0.15) is 0 Å². The molecule has 1 aromatic carbocycles. The van der Waals surface area contributed by atoms with Crippen LogP contribution in [0, 0.1) is 0 Å². The Hall–Kier alpha value is -2.36. The maximum absolute atomic E-state index is 4.71. The molecule has 0 radical (unpaired) electrons. The predicted octanol–water partition coefficient (Wildman–Crippen LogP) is 3.57. The average molecular weight is 280 g/mol. The van der Waals surface area contributed by atoms with E-state index in [2.05, 4.69) is 41.2 Å². The van der Waals surface area contributed by atoms with Gasteiger partial charge in [-0.25, -0.2) is 9.97 Å². The second kappa shape index (κ2) is 5.56. The summed E-state index contributed by atoms with van der Waals surface area (Å²) in [5.41, 5.74) is 3.06. The number of aromatic amines is 1. The van der Waals surface area contributed by atoms with Gasteiger partial charge in [-0.3, -0.25) is 0 Å². The van der Waals surface area contributed by atoms with Crippen molar-refractivity contribution in [1.29, 1.82) is 0 Å². The second-order valence-electron chi connectivity index (χ2n) is 5.43. The molecule has 0 aliphatic carbocycles. The second-order valence-corrected chi connectivity index (χ2v) is 5.43. The fourth-order valence-electron chi connectivity index (χ4n) is 2.59. The molecular formula is C17H20N4. The first kappa shape index (κ1) is 13.6. The molecule has 0 amide bonds. The summed E-state index contributed by atoms with van der Waals surface area (Å²) in [6.07, 6.45) is 1.00. The predicted molar refractivity (Wildman–Crippen MR) is 86.8 cm³/mol. The van der Waals surface area contributed by atoms with Crippen molar-refractivity contribution in [2.75, 3.05) is 19.0 Å². The highest BCUT2D eigenvalue weighted by molar-refractivity contribution is 5.73. The summed E-state index contributed by atoms with van der Waals surface area (Å²) in [5, 5.41) is 0. The zero-order chi connectivity index (χ0) is 14.8. The van der Waals surface area contributed by atoms with Crippen LogP contribution in [0.5, 0.6) is 0 Å². The number of anilines is 1. The molecule has 21 heavy (non-hydrogen) atoms. The van der Waals surface area contributed by atoms with Crippen LogP contribution in [0.2, 0.25) is 0 Å². The SMILES string of the molecule is CCC(c1ccccc1)c1nc2nc(N(C)C)ccc2[nH]1. The molecule has 108 valence electrons. The van der Waals surface area contributed by atoms with Crippen molar-refractivity contribution < 1.29 is 0 Å². The molecule has 0 fully saturated rings. The summed E-state index contributed by atoms with van der Waals surface area (Å²) in [6.45, 7) is 2.18. The van der Waals surface area contributed by atoms with Crippen LogP contribution in [0.4, 0.5) is 5.82 Å². The van der Waals surface area contributed by atoms with Crippen molar-refractivity contribution >= 4 is 17.0 Å². The summed E-state index contributed by atoms with van der Waals surface area (Å²) in [6, 6.07) is 14.5. The van der Waals surface area contributed by atoms with Crippen LogP contribution in [0.1, 0.15) is 30.7 Å². The van der Waals surface area contributed by atoms with Crippen molar-refractivity contribution in [3.8, 4) is 0 Å². The van der Waals surface area contributed by atoms with Gasteiger partial charge >= 0.3 is 0 Å². The van der Waals surface area contributed by atoms with Gasteiger partial charge in [-0.05, 0) is 24.1 Å². The molecule has 2 heterocycles. The van der Waals surface area contributed by atoms with Crippen LogP contribution in [-0.4, -0.2) is 29.0 Å². The summed E-state index contributed by atoms with van der Waals surface area (Å²) in [4.78, 5) is 14.7. The van der Waals surface area contributed by atoms with Gasteiger partial charge in [-0.1, -0.05) is 37.3 Å². The number of pyridine rings is 1. The van der Waals surface area contributed by atoms with Gasteiger partial charge in [0.1, 0.15) is 11.6 Å². The summed E-state index contributed by atoms with van der Waals surface area (Å²) in [7, 11) is 3.97. The number of rotatable bonds is 4. The zero-order valence-corrected chi connectivity index (χ0v) is 12.7. The number of imidazole rings is 1. The van der Waals surface area contributed by atoms with E-state index in [0.717, 1.165) is 29.2 Å². The average Bonchev–Trinajstić information content (AvgIpc) is 2.91. The minimum Gasteiger partial charge on any atom is -0.363 e. The molecular weight excluding hydrogens is 260 g/mol. The zero-order valence-electron chi connectivity index (χ0n) is 12.7. The van der Waals surface area contributed by atoms with E-state index in [1.165, 1.54) is 5.56 Å². The van der Waals surface area contributed by atoms with E-state index >= 15 is 0 Å². The Labute approximate surface area is 124 Å². The lowest BCUT2D eigenvalue weighted by Crippen LogP contribution is -2.10. The van der Waals surface area contributed by atoms with Crippen molar-refractivity contribution in [3.63, 3.8) is 0 Å². The van der Waals surface area contributed by atoms with Gasteiger partial charge in [0.25, 0.3) is 0 Å². The first-order valence-electron chi connectivity index (χ1n) is 7.28. The van der Waals surface area contributed by atoms with Gasteiger partial charge in [0.2, 0.25) is 0 Å². The maximum atomic E-state index is 4.71. The van der Waals surface area contributed by atoms with E-state index in [1.54, 1.807) is 0 Å². The molecule has 0 spiro atoms. The number of nitrogens with zero attached hydrogens (tertiary/aromatic N) is 3. The number of hydrogen-bond donors (Lipinski definition) is 1. The van der Waals surface area contributed by atoms with Crippen molar-refractivity contribution in [2.45, 2.75) is 19.3 Å². The highest BCUT2D eigenvalue weighted by Crippen LogP contribution is 2.27. The number of aromatic nitrogens is 3. The lowest BCUT2D eigenvalue weighted by Gasteiger charge is -2.11. The molecule has 0 aliphatic rings. The first-order chi connectivity index (χ1) is 10.2. The van der Waals surface area contributed by atoms with Crippen LogP contribution in [0.15, 0.2) is 42.5 Å². The van der Waals surface area contributed by atoms with E-state index in [9.17, 15) is 0 Å². The fourth-order valence-corrected chi connectivity index (χ4v) is 2.59. The highest BCUT2D eigenvalue weighted by atomic mass is 15.1. The van der Waals surface area contributed by atoms with Gasteiger partial charge in [-0.15, -0.1) is 0 Å². The Morgan fingerprint density at radius 1 is 1.05 bits per heavy atom. The third-order valence-corrected chi connectivity index (χ3v) is 3.75. The molecule has 2 aromatic heterocycles. The Kier molecular flexibility index (Phi) is 3.60. The molecule has 1 N–H and O–H groups in total. The summed E-state index contributed by atoms with van der Waals surface area (Å²) >= 11 is 0. The van der Waals surface area contributed by atoms with E-state index in [1.807, 2.05) is 37.2 Å². The first-order valence-corrected chi connectivity index (χ1v) is 7.28. The van der Waals surface area contributed by atoms with Crippen LogP contribution in [0.3, 0.4) is 0 Å². The van der Waals surface area contributed by atoms with Crippen LogP contribution < -0.4 is 4.90 Å². The normalized spacial score (nSPS) is 12.5. The smallest absolute Gasteiger partial charge is 0.179 e. The molecule has 3 rings (SSSR count). The van der Waals surface area contributed by atoms with Crippen LogP contribution in [0.25, 0.3) is 11.2 Å². The molecule has 0 saturated heterocycles. The van der Waals surface area contributed by atoms with E-state index in [0.29, 0.717) is 0 Å². The molecule has 4 heteroatoms. The Morgan fingerprint density at radius 3 is 2.48 bits per heavy atom. The van der Waals surface area contributed by atoms with Gasteiger partial charge in [0.15, 0.2) is 5.65 Å². The topological polar surface area (TPSA) is 44.8 Å². The number of fused-ring (bicyclic) bond motifs is 1. The minimum absolute atomic E-state index is 0.281. The van der Waals surface area contributed by atoms with Crippen LogP contribution in [-0.2, 0) is 0 Å². The number of hydrogen-bond acceptors (Lipinski definition) is 3. The Morgan fingerprint density at radius 2 is 1.81 bits per heavy atom.